The molecule has 0 amide bonds. The smallest absolute Gasteiger partial charge is 0.466 e. The summed E-state index contributed by atoms with van der Waals surface area (Å²) in [5.74, 6) is 0. The quantitative estimate of drug-likeness (QED) is 0.385. The second-order valence-corrected chi connectivity index (χ2v) is 2.85. The zero-order valence-electron chi connectivity index (χ0n) is 6.07. The monoisotopic (exact) mass is 195 g/mol. The number of ether oxygens (including phenoxy) is 1. The van der Waals surface area contributed by atoms with Crippen LogP contribution in [0.15, 0.2) is 24.5 Å². The zero-order valence-corrected chi connectivity index (χ0v) is 6.96. The third-order valence-electron chi connectivity index (χ3n) is 0.726. The van der Waals surface area contributed by atoms with Crippen LogP contribution in [0.25, 0.3) is 0 Å². The average molecular weight is 195 g/mol. The van der Waals surface area contributed by atoms with Crippen molar-refractivity contribution in [1.82, 2.24) is 0 Å². The van der Waals surface area contributed by atoms with Crippen LogP contribution in [-0.4, -0.2) is 20.9 Å². The minimum absolute atomic E-state index is 0.231. The van der Waals surface area contributed by atoms with Crippen LogP contribution in [0.3, 0.4) is 0 Å². The molecule has 1 aliphatic heterocycles. The molecule has 5 N–H and O–H groups in total. The molecule has 1 heterocycles. The van der Waals surface area contributed by atoms with E-state index in [-0.39, 0.29) is 6.23 Å². The van der Waals surface area contributed by atoms with Crippen LogP contribution in [0, 0.1) is 0 Å². The van der Waals surface area contributed by atoms with E-state index in [4.69, 9.17) is 29.7 Å². The fourth-order valence-corrected chi connectivity index (χ4v) is 0.400. The van der Waals surface area contributed by atoms with Crippen LogP contribution < -0.4 is 5.73 Å². The summed E-state index contributed by atoms with van der Waals surface area (Å²) in [7, 11) is -4.64. The van der Waals surface area contributed by atoms with Crippen LogP contribution in [0.4, 0.5) is 0 Å². The van der Waals surface area contributed by atoms with Gasteiger partial charge in [0.1, 0.15) is 0 Å². The van der Waals surface area contributed by atoms with Crippen LogP contribution in [0.2, 0.25) is 0 Å². The zero-order chi connectivity index (χ0) is 9.61. The van der Waals surface area contributed by atoms with Crippen molar-refractivity contribution in [3.05, 3.63) is 24.5 Å². The van der Waals surface area contributed by atoms with Crippen molar-refractivity contribution in [3.8, 4) is 0 Å². The first-order chi connectivity index (χ1) is 5.39. The number of allylic oxidation sites excluding steroid dienone is 2. The highest BCUT2D eigenvalue weighted by atomic mass is 31.2. The van der Waals surface area contributed by atoms with Gasteiger partial charge in [-0.3, -0.25) is 5.73 Å². The minimum Gasteiger partial charge on any atom is -0.480 e. The van der Waals surface area contributed by atoms with Gasteiger partial charge in [-0.25, -0.2) is 4.57 Å². The third-order valence-corrected chi connectivity index (χ3v) is 0.726. The highest BCUT2D eigenvalue weighted by molar-refractivity contribution is 7.45. The van der Waals surface area contributed by atoms with Gasteiger partial charge in [-0.05, 0) is 12.2 Å². The molecule has 0 radical (unpaired) electrons. The Balaban J connectivity index is 0.000000217. The van der Waals surface area contributed by atoms with E-state index in [1.165, 1.54) is 0 Å². The molecule has 0 saturated carbocycles. The molecule has 7 heteroatoms. The molecule has 1 atom stereocenters. The summed E-state index contributed by atoms with van der Waals surface area (Å²) < 4.78 is 13.7. The van der Waals surface area contributed by atoms with Gasteiger partial charge in [-0.2, -0.15) is 0 Å². The summed E-state index contributed by atoms with van der Waals surface area (Å²) in [6, 6.07) is 0. The van der Waals surface area contributed by atoms with E-state index in [2.05, 4.69) is 0 Å². The van der Waals surface area contributed by atoms with Gasteiger partial charge in [0.15, 0.2) is 6.23 Å². The molecule has 0 saturated heterocycles. The normalized spacial score (nSPS) is 20.8. The van der Waals surface area contributed by atoms with E-state index in [1.807, 2.05) is 6.08 Å². The molecule has 0 aromatic rings. The maximum Gasteiger partial charge on any atom is 0.466 e. The fourth-order valence-electron chi connectivity index (χ4n) is 0.400. The van der Waals surface area contributed by atoms with Crippen molar-refractivity contribution in [3.63, 3.8) is 0 Å². The van der Waals surface area contributed by atoms with Gasteiger partial charge in [0, 0.05) is 0 Å². The van der Waals surface area contributed by atoms with Crippen molar-refractivity contribution in [2.75, 3.05) is 0 Å². The Bertz CT molecular complexity index is 212. The largest absolute Gasteiger partial charge is 0.480 e. The molecule has 0 aliphatic carbocycles. The first kappa shape index (κ1) is 11.4. The molecule has 0 aromatic carbocycles. The summed E-state index contributed by atoms with van der Waals surface area (Å²) in [5, 5.41) is 0. The van der Waals surface area contributed by atoms with Gasteiger partial charge >= 0.3 is 7.82 Å². The van der Waals surface area contributed by atoms with E-state index in [1.54, 1.807) is 18.4 Å². The first-order valence-corrected chi connectivity index (χ1v) is 4.49. The molecule has 12 heavy (non-hydrogen) atoms. The van der Waals surface area contributed by atoms with Gasteiger partial charge in [-0.1, -0.05) is 6.08 Å². The van der Waals surface area contributed by atoms with Gasteiger partial charge < -0.3 is 19.4 Å². The third kappa shape index (κ3) is 12.1. The minimum atomic E-state index is -4.64. The molecule has 1 aliphatic rings. The molecule has 0 spiro atoms. The SMILES string of the molecule is NC1C=CC=CO1.O=P(O)(O)O. The topological polar surface area (TPSA) is 113 Å². The van der Waals surface area contributed by atoms with Crippen LogP contribution in [-0.2, 0) is 9.30 Å². The lowest BCUT2D eigenvalue weighted by Crippen LogP contribution is -2.19. The predicted molar refractivity (Wildman–Crippen MR) is 41.6 cm³/mol. The molecule has 0 bridgehead atoms. The van der Waals surface area contributed by atoms with Crippen molar-refractivity contribution in [2.24, 2.45) is 5.73 Å². The molecule has 1 rings (SSSR count). The Morgan fingerprint density at radius 2 is 1.83 bits per heavy atom. The Labute approximate surface area is 69.2 Å². The van der Waals surface area contributed by atoms with E-state index in [0.717, 1.165) is 0 Å². The Hall–Kier alpha value is -0.650. The van der Waals surface area contributed by atoms with Gasteiger partial charge in [0.25, 0.3) is 0 Å². The van der Waals surface area contributed by atoms with Crippen molar-refractivity contribution < 1.29 is 24.0 Å². The Kier molecular flexibility index (Phi) is 4.80. The standard InChI is InChI=1S/C5H7NO.H3O4P/c6-5-3-1-2-4-7-5;1-5(2,3)4/h1-5H,6H2;(H3,1,2,3,4). The highest BCUT2D eigenvalue weighted by Crippen LogP contribution is 2.25. The molecule has 0 aromatic heterocycles. The summed E-state index contributed by atoms with van der Waals surface area (Å²) in [6.07, 6.45) is 6.77. The summed E-state index contributed by atoms with van der Waals surface area (Å²) >= 11 is 0. The number of rotatable bonds is 0. The summed E-state index contributed by atoms with van der Waals surface area (Å²) in [4.78, 5) is 21.6. The number of phosphoric acid groups is 1. The summed E-state index contributed by atoms with van der Waals surface area (Å²) in [6.45, 7) is 0. The Morgan fingerprint density at radius 1 is 1.33 bits per heavy atom. The molecular formula is C5H10NO5P. The van der Waals surface area contributed by atoms with Gasteiger partial charge in [0.2, 0.25) is 0 Å². The molecular weight excluding hydrogens is 185 g/mol. The van der Waals surface area contributed by atoms with Crippen molar-refractivity contribution >= 4 is 7.82 Å². The predicted octanol–water partition coefficient (Wildman–Crippen LogP) is -0.557. The highest BCUT2D eigenvalue weighted by Gasteiger charge is 2.00. The first-order valence-electron chi connectivity index (χ1n) is 2.92. The Morgan fingerprint density at radius 3 is 2.00 bits per heavy atom. The maximum absolute atomic E-state index is 8.88. The van der Waals surface area contributed by atoms with Gasteiger partial charge in [-0.15, -0.1) is 0 Å². The molecule has 1 unspecified atom stereocenters. The number of nitrogens with two attached hydrogens (primary N) is 1. The summed E-state index contributed by atoms with van der Waals surface area (Å²) in [5.41, 5.74) is 5.27. The lowest BCUT2D eigenvalue weighted by Gasteiger charge is -2.06. The number of hydrogen-bond donors (Lipinski definition) is 4. The molecule has 6 nitrogen and oxygen atoms in total. The number of hydrogen-bond acceptors (Lipinski definition) is 3. The molecule has 0 fully saturated rings. The van der Waals surface area contributed by atoms with E-state index >= 15 is 0 Å². The maximum atomic E-state index is 8.88. The van der Waals surface area contributed by atoms with Crippen LogP contribution in [0.5, 0.6) is 0 Å². The lowest BCUT2D eigenvalue weighted by molar-refractivity contribution is 0.190. The van der Waals surface area contributed by atoms with E-state index in [9.17, 15) is 0 Å². The van der Waals surface area contributed by atoms with Crippen LogP contribution in [0.1, 0.15) is 0 Å². The second kappa shape index (κ2) is 5.08. The second-order valence-electron chi connectivity index (χ2n) is 1.83. The fraction of sp³-hybridized carbons (Fsp3) is 0.200. The van der Waals surface area contributed by atoms with Crippen molar-refractivity contribution in [2.45, 2.75) is 6.23 Å². The van der Waals surface area contributed by atoms with Crippen molar-refractivity contribution in [1.29, 1.82) is 0 Å². The lowest BCUT2D eigenvalue weighted by atomic mass is 10.4. The van der Waals surface area contributed by atoms with E-state index in [0.29, 0.717) is 0 Å². The molecule has 70 valence electrons. The average Bonchev–Trinajstić information content (AvgIpc) is 1.85. The van der Waals surface area contributed by atoms with E-state index < -0.39 is 7.82 Å². The van der Waals surface area contributed by atoms with Crippen LogP contribution >= 0.6 is 7.82 Å². The van der Waals surface area contributed by atoms with Gasteiger partial charge in [0.05, 0.1) is 6.26 Å².